The molecule has 0 spiro atoms. The Morgan fingerprint density at radius 3 is 2.87 bits per heavy atom. The van der Waals surface area contributed by atoms with Crippen LogP contribution < -0.4 is 4.72 Å². The summed E-state index contributed by atoms with van der Waals surface area (Å²) in [5.74, 6) is -0.739. The van der Waals surface area contributed by atoms with Gasteiger partial charge in [-0.1, -0.05) is 35.9 Å². The minimum absolute atomic E-state index is 0.166. The Bertz CT molecular complexity index is 854. The van der Waals surface area contributed by atoms with Gasteiger partial charge in [-0.2, -0.15) is 0 Å². The first-order valence-electron chi connectivity index (χ1n) is 6.84. The maximum Gasteiger partial charge on any atom is 0.267 e. The predicted octanol–water partition coefficient (Wildman–Crippen LogP) is 1.85. The van der Waals surface area contributed by atoms with E-state index in [1.165, 1.54) is 12.3 Å². The van der Waals surface area contributed by atoms with Crippen molar-refractivity contribution >= 4 is 27.5 Å². The zero-order chi connectivity index (χ0) is 16.4. The van der Waals surface area contributed by atoms with Crippen LogP contribution in [0.15, 0.2) is 47.6 Å². The molecule has 1 amide bonds. The van der Waals surface area contributed by atoms with Gasteiger partial charge in [-0.3, -0.25) is 9.78 Å². The number of nitrogens with one attached hydrogen (secondary N) is 1. The number of benzene rings is 1. The standard InChI is InChI=1S/C15H13ClN2O4S/c16-11-7-12(9-17-8-11)23(20,21)18-15(19)14-13-4-2-1-3-10(13)5-6-22-14/h1-4,7-9,14H,5-6H2,(H,18,19). The van der Waals surface area contributed by atoms with E-state index in [4.69, 9.17) is 16.3 Å². The number of ether oxygens (including phenoxy) is 1. The minimum atomic E-state index is -4.06. The zero-order valence-electron chi connectivity index (χ0n) is 11.9. The molecule has 1 aromatic carbocycles. The number of amides is 1. The Kier molecular flexibility index (Phi) is 4.34. The van der Waals surface area contributed by atoms with E-state index < -0.39 is 22.0 Å². The molecular weight excluding hydrogens is 340 g/mol. The van der Waals surface area contributed by atoms with Gasteiger partial charge in [-0.05, 0) is 23.6 Å². The molecule has 2 heterocycles. The number of halogens is 1. The lowest BCUT2D eigenvalue weighted by Gasteiger charge is -2.25. The lowest BCUT2D eigenvalue weighted by Crippen LogP contribution is -2.37. The first-order chi connectivity index (χ1) is 11.0. The number of carbonyl (C=O) groups is 1. The largest absolute Gasteiger partial charge is 0.363 e. The van der Waals surface area contributed by atoms with Gasteiger partial charge in [-0.15, -0.1) is 0 Å². The van der Waals surface area contributed by atoms with Crippen molar-refractivity contribution in [3.8, 4) is 0 Å². The van der Waals surface area contributed by atoms with E-state index in [1.807, 2.05) is 16.9 Å². The van der Waals surface area contributed by atoms with Gasteiger partial charge in [-0.25, -0.2) is 13.1 Å². The number of nitrogens with zero attached hydrogens (tertiary/aromatic N) is 1. The van der Waals surface area contributed by atoms with E-state index in [-0.39, 0.29) is 9.92 Å². The van der Waals surface area contributed by atoms with Crippen LogP contribution in [-0.4, -0.2) is 25.9 Å². The molecule has 0 saturated heterocycles. The van der Waals surface area contributed by atoms with Crippen molar-refractivity contribution in [3.05, 3.63) is 58.9 Å². The second kappa shape index (κ2) is 6.27. The Morgan fingerprint density at radius 2 is 2.09 bits per heavy atom. The van der Waals surface area contributed by atoms with E-state index in [2.05, 4.69) is 4.98 Å². The van der Waals surface area contributed by atoms with Crippen LogP contribution in [0, 0.1) is 0 Å². The molecule has 1 N–H and O–H groups in total. The first kappa shape index (κ1) is 15.9. The third kappa shape index (κ3) is 3.36. The topological polar surface area (TPSA) is 85.4 Å². The maximum absolute atomic E-state index is 12.4. The number of rotatable bonds is 3. The molecule has 1 atom stereocenters. The van der Waals surface area contributed by atoms with E-state index in [9.17, 15) is 13.2 Å². The van der Waals surface area contributed by atoms with E-state index >= 15 is 0 Å². The van der Waals surface area contributed by atoms with Crippen LogP contribution in [0.25, 0.3) is 0 Å². The zero-order valence-corrected chi connectivity index (χ0v) is 13.5. The number of aromatic nitrogens is 1. The smallest absolute Gasteiger partial charge is 0.267 e. The van der Waals surface area contributed by atoms with Crippen LogP contribution in [0.3, 0.4) is 0 Å². The summed E-state index contributed by atoms with van der Waals surface area (Å²) in [4.78, 5) is 15.9. The number of carbonyl (C=O) groups excluding carboxylic acids is 1. The molecule has 3 rings (SSSR count). The summed E-state index contributed by atoms with van der Waals surface area (Å²) in [6, 6.07) is 8.52. The SMILES string of the molecule is O=C(NS(=O)(=O)c1cncc(Cl)c1)C1OCCc2ccccc21. The van der Waals surface area contributed by atoms with E-state index in [1.54, 1.807) is 12.1 Å². The van der Waals surface area contributed by atoms with Gasteiger partial charge >= 0.3 is 0 Å². The molecule has 120 valence electrons. The molecule has 6 nitrogen and oxygen atoms in total. The fraction of sp³-hybridized carbons (Fsp3) is 0.200. The molecule has 1 aliphatic heterocycles. The van der Waals surface area contributed by atoms with Gasteiger partial charge in [0.15, 0.2) is 6.10 Å². The van der Waals surface area contributed by atoms with Gasteiger partial charge < -0.3 is 4.74 Å². The summed E-state index contributed by atoms with van der Waals surface area (Å²) in [6.07, 6.45) is 2.16. The van der Waals surface area contributed by atoms with E-state index in [0.717, 1.165) is 11.8 Å². The fourth-order valence-electron chi connectivity index (χ4n) is 2.40. The van der Waals surface area contributed by atoms with Crippen molar-refractivity contribution in [1.29, 1.82) is 0 Å². The van der Waals surface area contributed by atoms with Crippen molar-refractivity contribution in [2.45, 2.75) is 17.4 Å². The Balaban J connectivity index is 1.85. The average molecular weight is 353 g/mol. The highest BCUT2D eigenvalue weighted by molar-refractivity contribution is 7.90. The van der Waals surface area contributed by atoms with Crippen molar-refractivity contribution in [2.75, 3.05) is 6.61 Å². The molecule has 0 radical (unpaired) electrons. The highest BCUT2D eigenvalue weighted by atomic mass is 35.5. The Labute approximate surface area is 138 Å². The third-order valence-electron chi connectivity index (χ3n) is 3.46. The van der Waals surface area contributed by atoms with Crippen LogP contribution in [0.4, 0.5) is 0 Å². The van der Waals surface area contributed by atoms with Crippen molar-refractivity contribution in [1.82, 2.24) is 9.71 Å². The average Bonchev–Trinajstić information content (AvgIpc) is 2.54. The monoisotopic (exact) mass is 352 g/mol. The number of pyridine rings is 1. The second-order valence-electron chi connectivity index (χ2n) is 5.01. The summed E-state index contributed by atoms with van der Waals surface area (Å²) < 4.78 is 32.0. The van der Waals surface area contributed by atoms with Crippen LogP contribution in [0.1, 0.15) is 17.2 Å². The van der Waals surface area contributed by atoms with Crippen LogP contribution >= 0.6 is 11.6 Å². The molecule has 23 heavy (non-hydrogen) atoms. The lowest BCUT2D eigenvalue weighted by molar-refractivity contribution is -0.132. The number of hydrogen-bond acceptors (Lipinski definition) is 5. The predicted molar refractivity (Wildman–Crippen MR) is 83.4 cm³/mol. The van der Waals surface area contributed by atoms with Crippen LogP contribution in [0.2, 0.25) is 5.02 Å². The molecule has 0 aliphatic carbocycles. The fourth-order valence-corrected chi connectivity index (χ4v) is 3.61. The van der Waals surface area contributed by atoms with Gasteiger partial charge in [0.1, 0.15) is 4.90 Å². The summed E-state index contributed by atoms with van der Waals surface area (Å²) in [5, 5.41) is 0.166. The van der Waals surface area contributed by atoms with Gasteiger partial charge in [0.05, 0.1) is 11.6 Å². The van der Waals surface area contributed by atoms with Crippen LogP contribution in [0.5, 0.6) is 0 Å². The maximum atomic E-state index is 12.4. The second-order valence-corrected chi connectivity index (χ2v) is 7.13. The van der Waals surface area contributed by atoms with Crippen molar-refractivity contribution in [2.24, 2.45) is 0 Å². The molecule has 0 saturated carbocycles. The molecule has 0 fully saturated rings. The quantitative estimate of drug-likeness (QED) is 0.911. The highest BCUT2D eigenvalue weighted by Crippen LogP contribution is 2.27. The van der Waals surface area contributed by atoms with Crippen molar-refractivity contribution < 1.29 is 17.9 Å². The third-order valence-corrected chi connectivity index (χ3v) is 4.98. The van der Waals surface area contributed by atoms with E-state index in [0.29, 0.717) is 18.6 Å². The molecule has 0 bridgehead atoms. The minimum Gasteiger partial charge on any atom is -0.363 e. The summed E-state index contributed by atoms with van der Waals surface area (Å²) in [5.41, 5.74) is 1.65. The summed E-state index contributed by atoms with van der Waals surface area (Å²) in [6.45, 7) is 0.355. The molecule has 1 aromatic heterocycles. The lowest BCUT2D eigenvalue weighted by atomic mass is 9.97. The summed E-state index contributed by atoms with van der Waals surface area (Å²) in [7, 11) is -4.06. The number of fused-ring (bicyclic) bond motifs is 1. The molecule has 1 aliphatic rings. The molecule has 1 unspecified atom stereocenters. The molecule has 8 heteroatoms. The number of hydrogen-bond donors (Lipinski definition) is 1. The molecule has 2 aromatic rings. The van der Waals surface area contributed by atoms with Crippen LogP contribution in [-0.2, 0) is 26.0 Å². The Hall–Kier alpha value is -1.96. The van der Waals surface area contributed by atoms with Gasteiger partial charge in [0.2, 0.25) is 0 Å². The summed E-state index contributed by atoms with van der Waals surface area (Å²) >= 11 is 5.74. The normalized spacial score (nSPS) is 17.3. The van der Waals surface area contributed by atoms with Gasteiger partial charge in [0, 0.05) is 12.4 Å². The molecular formula is C15H13ClN2O4S. The highest BCUT2D eigenvalue weighted by Gasteiger charge is 2.30. The van der Waals surface area contributed by atoms with Crippen molar-refractivity contribution in [3.63, 3.8) is 0 Å². The van der Waals surface area contributed by atoms with Gasteiger partial charge in [0.25, 0.3) is 15.9 Å². The Morgan fingerprint density at radius 1 is 1.30 bits per heavy atom. The first-order valence-corrected chi connectivity index (χ1v) is 8.70. The number of sulfonamides is 1.